The summed E-state index contributed by atoms with van der Waals surface area (Å²) in [6, 6.07) is 6.53. The minimum atomic E-state index is 0.445. The molecule has 0 aliphatic heterocycles. The number of anilines is 1. The van der Waals surface area contributed by atoms with Gasteiger partial charge >= 0.3 is 0 Å². The largest absolute Gasteiger partial charge is 0.370 e. The van der Waals surface area contributed by atoms with Crippen molar-refractivity contribution < 1.29 is 0 Å². The molecular weight excluding hydrogens is 254 g/mol. The van der Waals surface area contributed by atoms with E-state index in [2.05, 4.69) is 26.2 Å². The van der Waals surface area contributed by atoms with E-state index in [4.69, 9.17) is 5.73 Å². The van der Waals surface area contributed by atoms with Gasteiger partial charge in [0.2, 0.25) is 0 Å². The van der Waals surface area contributed by atoms with Crippen molar-refractivity contribution in [1.29, 1.82) is 0 Å². The monoisotopic (exact) mass is 267 g/mol. The van der Waals surface area contributed by atoms with E-state index in [-0.39, 0.29) is 0 Å². The number of nitrogens with two attached hydrogens (primary N) is 1. The lowest BCUT2D eigenvalue weighted by molar-refractivity contribution is 1.06. The molecule has 3 nitrogen and oxygen atoms in total. The van der Waals surface area contributed by atoms with Crippen LogP contribution in [0.4, 0.5) is 5.69 Å². The van der Waals surface area contributed by atoms with Crippen molar-refractivity contribution in [1.82, 2.24) is 0 Å². The highest BCUT2D eigenvalue weighted by molar-refractivity contribution is 9.10. The zero-order valence-electron chi connectivity index (χ0n) is 8.63. The second kappa shape index (κ2) is 4.23. The highest BCUT2D eigenvalue weighted by atomic mass is 79.9. The summed E-state index contributed by atoms with van der Waals surface area (Å²) >= 11 is 3.47. The predicted octanol–water partition coefficient (Wildman–Crippen LogP) is 2.65. The first-order valence-electron chi connectivity index (χ1n) is 5.01. The number of aliphatic imine (C=N–C) groups is 1. The Bertz CT molecular complexity index is 397. The van der Waals surface area contributed by atoms with Crippen molar-refractivity contribution in [3.8, 4) is 0 Å². The zero-order valence-corrected chi connectivity index (χ0v) is 10.2. The molecule has 0 unspecified atom stereocenters. The molecule has 0 spiro atoms. The van der Waals surface area contributed by atoms with Crippen molar-refractivity contribution in [2.24, 2.45) is 10.7 Å². The summed E-state index contributed by atoms with van der Waals surface area (Å²) in [4.78, 5) is 4.32. The topological polar surface area (TPSA) is 50.4 Å². The third-order valence-corrected chi connectivity index (χ3v) is 2.94. The second-order valence-corrected chi connectivity index (χ2v) is 4.71. The van der Waals surface area contributed by atoms with Crippen molar-refractivity contribution in [2.45, 2.75) is 25.8 Å². The lowest BCUT2D eigenvalue weighted by Crippen LogP contribution is -2.23. The first-order chi connectivity index (χ1) is 7.15. The van der Waals surface area contributed by atoms with Gasteiger partial charge in [-0.1, -0.05) is 6.07 Å². The number of hydrogen-bond donors (Lipinski definition) is 2. The Balaban J connectivity index is 2.11. The Kier molecular flexibility index (Phi) is 2.95. The number of benzene rings is 1. The Morgan fingerprint density at radius 2 is 2.27 bits per heavy atom. The second-order valence-electron chi connectivity index (χ2n) is 3.85. The van der Waals surface area contributed by atoms with E-state index in [0.29, 0.717) is 12.0 Å². The van der Waals surface area contributed by atoms with Crippen LogP contribution in [0.3, 0.4) is 0 Å². The molecule has 1 fully saturated rings. The first-order valence-corrected chi connectivity index (χ1v) is 5.81. The average molecular weight is 268 g/mol. The van der Waals surface area contributed by atoms with Gasteiger partial charge < -0.3 is 11.1 Å². The van der Waals surface area contributed by atoms with E-state index in [0.717, 1.165) is 23.0 Å². The number of rotatable bonds is 2. The molecule has 0 amide bonds. The maximum Gasteiger partial charge on any atom is 0.193 e. The van der Waals surface area contributed by atoms with Gasteiger partial charge in [0, 0.05) is 4.47 Å². The molecule has 0 bridgehead atoms. The highest BCUT2D eigenvalue weighted by Gasteiger charge is 2.20. The smallest absolute Gasteiger partial charge is 0.193 e. The van der Waals surface area contributed by atoms with Gasteiger partial charge in [0.1, 0.15) is 0 Å². The van der Waals surface area contributed by atoms with E-state index < -0.39 is 0 Å². The average Bonchev–Trinajstić information content (AvgIpc) is 2.95. The fourth-order valence-electron chi connectivity index (χ4n) is 1.31. The summed E-state index contributed by atoms with van der Waals surface area (Å²) < 4.78 is 1.00. The fraction of sp³-hybridized carbons (Fsp3) is 0.364. The zero-order chi connectivity index (χ0) is 10.8. The Labute approximate surface area is 97.9 Å². The van der Waals surface area contributed by atoms with Gasteiger partial charge in [0.05, 0.1) is 11.7 Å². The van der Waals surface area contributed by atoms with E-state index in [1.54, 1.807) is 0 Å². The van der Waals surface area contributed by atoms with Gasteiger partial charge in [-0.15, -0.1) is 0 Å². The van der Waals surface area contributed by atoms with Crippen LogP contribution >= 0.6 is 15.9 Å². The van der Waals surface area contributed by atoms with Crippen LogP contribution in [0, 0.1) is 6.92 Å². The molecule has 0 radical (unpaired) electrons. The molecule has 1 saturated carbocycles. The maximum atomic E-state index is 5.78. The normalized spacial score (nSPS) is 16.5. The molecule has 15 heavy (non-hydrogen) atoms. The van der Waals surface area contributed by atoms with E-state index >= 15 is 0 Å². The van der Waals surface area contributed by atoms with Gasteiger partial charge in [-0.3, -0.25) is 0 Å². The number of halogens is 1. The Morgan fingerprint density at radius 1 is 1.53 bits per heavy atom. The first kappa shape index (κ1) is 10.5. The van der Waals surface area contributed by atoms with E-state index in [1.807, 2.05) is 25.1 Å². The molecule has 0 saturated heterocycles. The molecule has 3 N–H and O–H groups in total. The van der Waals surface area contributed by atoms with Crippen LogP contribution in [-0.2, 0) is 0 Å². The molecule has 4 heteroatoms. The summed E-state index contributed by atoms with van der Waals surface area (Å²) in [5.41, 5.74) is 7.95. The lowest BCUT2D eigenvalue weighted by atomic mass is 10.2. The van der Waals surface area contributed by atoms with Crippen LogP contribution in [-0.4, -0.2) is 12.0 Å². The summed E-state index contributed by atoms with van der Waals surface area (Å²) in [6.07, 6.45) is 2.33. The fourth-order valence-corrected chi connectivity index (χ4v) is 1.65. The predicted molar refractivity (Wildman–Crippen MR) is 67.1 cm³/mol. The molecule has 1 aromatic carbocycles. The molecule has 2 rings (SSSR count). The summed E-state index contributed by atoms with van der Waals surface area (Å²) in [5, 5.41) is 3.10. The highest BCUT2D eigenvalue weighted by Crippen LogP contribution is 2.25. The third kappa shape index (κ3) is 2.96. The standard InChI is InChI=1S/C11H14BrN3/c1-7-2-5-9(12)10(6-7)15-11(13)14-8-3-4-8/h2,5-6,8H,3-4H2,1H3,(H3,13,14,15). The van der Waals surface area contributed by atoms with Gasteiger partial charge in [0.25, 0.3) is 0 Å². The van der Waals surface area contributed by atoms with Gasteiger partial charge in [-0.2, -0.15) is 0 Å². The third-order valence-electron chi connectivity index (χ3n) is 2.25. The van der Waals surface area contributed by atoms with Crippen molar-refractivity contribution in [3.05, 3.63) is 28.2 Å². The van der Waals surface area contributed by atoms with Crippen LogP contribution < -0.4 is 11.1 Å². The van der Waals surface area contributed by atoms with Crippen molar-refractivity contribution in [2.75, 3.05) is 5.32 Å². The van der Waals surface area contributed by atoms with Crippen LogP contribution in [0.25, 0.3) is 0 Å². The van der Waals surface area contributed by atoms with E-state index in [1.165, 1.54) is 5.56 Å². The SMILES string of the molecule is Cc1ccc(Br)c(NC(N)=NC2CC2)c1. The number of guanidine groups is 1. The quantitative estimate of drug-likeness (QED) is 0.640. The molecule has 1 aliphatic carbocycles. The molecular formula is C11H14BrN3. The minimum absolute atomic E-state index is 0.445. The molecule has 1 aliphatic rings. The van der Waals surface area contributed by atoms with Crippen molar-refractivity contribution in [3.63, 3.8) is 0 Å². The number of aryl methyl sites for hydroxylation is 1. The van der Waals surface area contributed by atoms with Gasteiger partial charge in [-0.25, -0.2) is 4.99 Å². The summed E-state index contributed by atoms with van der Waals surface area (Å²) in [5.74, 6) is 0.504. The van der Waals surface area contributed by atoms with Crippen molar-refractivity contribution >= 4 is 27.6 Å². The van der Waals surface area contributed by atoms with Gasteiger partial charge in [0.15, 0.2) is 5.96 Å². The van der Waals surface area contributed by atoms with Crippen LogP contribution in [0.1, 0.15) is 18.4 Å². The van der Waals surface area contributed by atoms with Crippen LogP contribution in [0.5, 0.6) is 0 Å². The molecule has 1 aromatic rings. The molecule has 0 aromatic heterocycles. The summed E-state index contributed by atoms with van der Waals surface area (Å²) in [7, 11) is 0. The Morgan fingerprint density at radius 3 is 2.93 bits per heavy atom. The molecule has 0 atom stereocenters. The van der Waals surface area contributed by atoms with Gasteiger partial charge in [-0.05, 0) is 53.4 Å². The number of nitrogens with one attached hydrogen (secondary N) is 1. The molecule has 80 valence electrons. The van der Waals surface area contributed by atoms with Crippen LogP contribution in [0.2, 0.25) is 0 Å². The summed E-state index contributed by atoms with van der Waals surface area (Å²) in [6.45, 7) is 2.05. The minimum Gasteiger partial charge on any atom is -0.370 e. The maximum absolute atomic E-state index is 5.78. The number of hydrogen-bond acceptors (Lipinski definition) is 1. The number of nitrogens with zero attached hydrogens (tertiary/aromatic N) is 1. The Hall–Kier alpha value is -1.03. The molecule has 0 heterocycles. The lowest BCUT2D eigenvalue weighted by Gasteiger charge is -2.08. The van der Waals surface area contributed by atoms with Crippen LogP contribution in [0.15, 0.2) is 27.7 Å². The van der Waals surface area contributed by atoms with E-state index in [9.17, 15) is 0 Å².